The Morgan fingerprint density at radius 2 is 1.65 bits per heavy atom. The molecule has 0 fully saturated rings. The van der Waals surface area contributed by atoms with Crippen LogP contribution in [0.3, 0.4) is 0 Å². The van der Waals surface area contributed by atoms with Gasteiger partial charge in [-0.1, -0.05) is 30.3 Å². The number of hydrogen-bond acceptors (Lipinski definition) is 5. The van der Waals surface area contributed by atoms with Gasteiger partial charge in [0.1, 0.15) is 30.4 Å². The number of aromatic hydroxyl groups is 1. The highest BCUT2D eigenvalue weighted by Crippen LogP contribution is 2.11. The van der Waals surface area contributed by atoms with Gasteiger partial charge in [-0.05, 0) is 42.7 Å². The molecule has 2 aromatic carbocycles. The van der Waals surface area contributed by atoms with E-state index in [2.05, 4.69) is 5.32 Å². The molecule has 0 aliphatic carbocycles. The lowest BCUT2D eigenvalue weighted by Crippen LogP contribution is -2.38. The van der Waals surface area contributed by atoms with Gasteiger partial charge in [-0.25, -0.2) is 0 Å². The predicted molar refractivity (Wildman–Crippen MR) is 88.4 cm³/mol. The Labute approximate surface area is 136 Å². The van der Waals surface area contributed by atoms with E-state index in [0.717, 1.165) is 5.56 Å². The fourth-order valence-electron chi connectivity index (χ4n) is 2.11. The van der Waals surface area contributed by atoms with Crippen LogP contribution in [0.1, 0.15) is 12.0 Å². The van der Waals surface area contributed by atoms with Crippen LogP contribution in [0.5, 0.6) is 11.5 Å². The van der Waals surface area contributed by atoms with Crippen molar-refractivity contribution < 1.29 is 20.1 Å². The van der Waals surface area contributed by atoms with Crippen molar-refractivity contribution in [2.75, 3.05) is 13.2 Å². The Morgan fingerprint density at radius 1 is 0.957 bits per heavy atom. The Morgan fingerprint density at radius 3 is 2.35 bits per heavy atom. The summed E-state index contributed by atoms with van der Waals surface area (Å²) in [6.45, 7) is 0.422. The zero-order chi connectivity index (χ0) is 16.5. The average molecular weight is 317 g/mol. The maximum atomic E-state index is 9.89. The van der Waals surface area contributed by atoms with Gasteiger partial charge in [0.2, 0.25) is 0 Å². The molecule has 5 heteroatoms. The Balaban J connectivity index is 1.61. The van der Waals surface area contributed by atoms with E-state index >= 15 is 0 Å². The van der Waals surface area contributed by atoms with Crippen LogP contribution in [0.15, 0.2) is 54.6 Å². The lowest BCUT2D eigenvalue weighted by molar-refractivity contribution is 0.0711. The standard InChI is InChI=1S/C18H23NO4/c20-15-9-6-14(7-10-15)8-11-18(22)19-12-16(21)13-23-17-4-2-1-3-5-17/h1-7,9-10,16,18-22H,8,11-13H2/t16?,18-/m0/s1. The molecule has 2 aromatic rings. The third-order valence-corrected chi connectivity index (χ3v) is 3.42. The summed E-state index contributed by atoms with van der Waals surface area (Å²) in [5.74, 6) is 0.938. The van der Waals surface area contributed by atoms with Crippen molar-refractivity contribution in [2.24, 2.45) is 0 Å². The number of benzene rings is 2. The van der Waals surface area contributed by atoms with Gasteiger partial charge < -0.3 is 20.1 Å². The summed E-state index contributed by atoms with van der Waals surface area (Å²) < 4.78 is 5.45. The topological polar surface area (TPSA) is 82.0 Å². The zero-order valence-corrected chi connectivity index (χ0v) is 12.9. The molecule has 0 heterocycles. The molecule has 0 radical (unpaired) electrons. The van der Waals surface area contributed by atoms with Gasteiger partial charge in [0.25, 0.3) is 0 Å². The minimum atomic E-state index is -0.699. The summed E-state index contributed by atoms with van der Waals surface area (Å²) in [7, 11) is 0. The normalized spacial score (nSPS) is 13.5. The summed E-state index contributed by atoms with van der Waals surface area (Å²) in [5.41, 5.74) is 1.04. The van der Waals surface area contributed by atoms with Crippen LogP contribution in [0.25, 0.3) is 0 Å². The summed E-state index contributed by atoms with van der Waals surface area (Å²) in [6, 6.07) is 16.2. The maximum Gasteiger partial charge on any atom is 0.119 e. The monoisotopic (exact) mass is 317 g/mol. The number of aliphatic hydroxyl groups excluding tert-OH is 2. The Kier molecular flexibility index (Phi) is 6.87. The molecule has 2 rings (SSSR count). The highest BCUT2D eigenvalue weighted by atomic mass is 16.5. The second-order valence-corrected chi connectivity index (χ2v) is 5.41. The van der Waals surface area contributed by atoms with Crippen molar-refractivity contribution in [1.29, 1.82) is 0 Å². The molecule has 1 unspecified atom stereocenters. The van der Waals surface area contributed by atoms with Gasteiger partial charge in [-0.3, -0.25) is 5.32 Å². The van der Waals surface area contributed by atoms with Crippen molar-refractivity contribution in [1.82, 2.24) is 5.32 Å². The van der Waals surface area contributed by atoms with Crippen molar-refractivity contribution in [3.63, 3.8) is 0 Å². The van der Waals surface area contributed by atoms with Gasteiger partial charge >= 0.3 is 0 Å². The number of rotatable bonds is 9. The van der Waals surface area contributed by atoms with E-state index < -0.39 is 12.3 Å². The Bertz CT molecular complexity index is 559. The molecular weight excluding hydrogens is 294 g/mol. The number of nitrogens with one attached hydrogen (secondary N) is 1. The third kappa shape index (κ3) is 6.69. The third-order valence-electron chi connectivity index (χ3n) is 3.42. The number of ether oxygens (including phenoxy) is 1. The fourth-order valence-corrected chi connectivity index (χ4v) is 2.11. The SMILES string of the molecule is Oc1ccc(CC[C@H](O)NCC(O)COc2ccccc2)cc1. The van der Waals surface area contributed by atoms with Gasteiger partial charge in [0.15, 0.2) is 0 Å². The number of phenolic OH excluding ortho intramolecular Hbond substituents is 1. The van der Waals surface area contributed by atoms with Crippen molar-refractivity contribution in [3.05, 3.63) is 60.2 Å². The molecule has 0 aliphatic rings. The summed E-state index contributed by atoms with van der Waals surface area (Å²) in [4.78, 5) is 0. The van der Waals surface area contributed by atoms with Gasteiger partial charge in [-0.2, -0.15) is 0 Å². The molecule has 0 bridgehead atoms. The number of para-hydroxylation sites is 1. The van der Waals surface area contributed by atoms with Crippen LogP contribution in [0.4, 0.5) is 0 Å². The quantitative estimate of drug-likeness (QED) is 0.529. The predicted octanol–water partition coefficient (Wildman–Crippen LogP) is 1.67. The summed E-state index contributed by atoms with van der Waals surface area (Å²) in [5, 5.41) is 31.8. The molecule has 23 heavy (non-hydrogen) atoms. The molecule has 0 aliphatic heterocycles. The Hall–Kier alpha value is -2.08. The fraction of sp³-hybridized carbons (Fsp3) is 0.333. The molecule has 5 nitrogen and oxygen atoms in total. The minimum Gasteiger partial charge on any atom is -0.508 e. The summed E-state index contributed by atoms with van der Waals surface area (Å²) in [6.07, 6.45) is -0.184. The molecule has 2 atom stereocenters. The molecule has 0 saturated heterocycles. The van der Waals surface area contributed by atoms with Crippen molar-refractivity contribution in [3.8, 4) is 11.5 Å². The zero-order valence-electron chi connectivity index (χ0n) is 12.9. The number of aryl methyl sites for hydroxylation is 1. The lowest BCUT2D eigenvalue weighted by Gasteiger charge is -2.17. The van der Waals surface area contributed by atoms with Crippen molar-refractivity contribution in [2.45, 2.75) is 25.2 Å². The minimum absolute atomic E-state index is 0.168. The van der Waals surface area contributed by atoms with Crippen LogP contribution in [0, 0.1) is 0 Å². The smallest absolute Gasteiger partial charge is 0.119 e. The molecule has 4 N–H and O–H groups in total. The molecule has 0 aromatic heterocycles. The van der Waals surface area contributed by atoms with E-state index in [1.54, 1.807) is 12.1 Å². The number of phenols is 1. The van der Waals surface area contributed by atoms with E-state index in [-0.39, 0.29) is 18.9 Å². The first-order valence-electron chi connectivity index (χ1n) is 7.69. The van der Waals surface area contributed by atoms with Gasteiger partial charge in [0.05, 0.1) is 0 Å². The lowest BCUT2D eigenvalue weighted by atomic mass is 10.1. The van der Waals surface area contributed by atoms with E-state index in [0.29, 0.717) is 18.6 Å². The highest BCUT2D eigenvalue weighted by molar-refractivity contribution is 5.25. The van der Waals surface area contributed by atoms with Crippen LogP contribution < -0.4 is 10.1 Å². The first-order chi connectivity index (χ1) is 11.1. The first-order valence-corrected chi connectivity index (χ1v) is 7.69. The van der Waals surface area contributed by atoms with Crippen LogP contribution in [-0.2, 0) is 6.42 Å². The molecule has 0 saturated carbocycles. The van der Waals surface area contributed by atoms with E-state index in [1.165, 1.54) is 0 Å². The van der Waals surface area contributed by atoms with Gasteiger partial charge in [0, 0.05) is 6.54 Å². The maximum absolute atomic E-state index is 9.89. The van der Waals surface area contributed by atoms with E-state index in [4.69, 9.17) is 4.74 Å². The van der Waals surface area contributed by atoms with E-state index in [9.17, 15) is 15.3 Å². The first kappa shape index (κ1) is 17.3. The second kappa shape index (κ2) is 9.15. The van der Waals surface area contributed by atoms with Gasteiger partial charge in [-0.15, -0.1) is 0 Å². The molecule has 0 spiro atoms. The summed E-state index contributed by atoms with van der Waals surface area (Å²) >= 11 is 0. The van der Waals surface area contributed by atoms with Crippen molar-refractivity contribution >= 4 is 0 Å². The van der Waals surface area contributed by atoms with Crippen LogP contribution in [-0.4, -0.2) is 40.8 Å². The highest BCUT2D eigenvalue weighted by Gasteiger charge is 2.09. The molecule has 0 amide bonds. The number of aliphatic hydroxyl groups is 2. The van der Waals surface area contributed by atoms with E-state index in [1.807, 2.05) is 42.5 Å². The second-order valence-electron chi connectivity index (χ2n) is 5.41. The molecular formula is C18H23NO4. The van der Waals surface area contributed by atoms with Crippen LogP contribution in [0.2, 0.25) is 0 Å². The largest absolute Gasteiger partial charge is 0.508 e. The van der Waals surface area contributed by atoms with Crippen LogP contribution >= 0.6 is 0 Å². The molecule has 124 valence electrons. The number of hydrogen-bond donors (Lipinski definition) is 4. The average Bonchev–Trinajstić information content (AvgIpc) is 2.58.